The molecule has 0 spiro atoms. The van der Waals surface area contributed by atoms with E-state index in [2.05, 4.69) is 52.7 Å². The minimum absolute atomic E-state index is 0.619. The molecule has 2 aromatic carbocycles. The predicted octanol–water partition coefficient (Wildman–Crippen LogP) is 3.02. The summed E-state index contributed by atoms with van der Waals surface area (Å²) in [6.07, 6.45) is 2.43. The van der Waals surface area contributed by atoms with Crippen LogP contribution in [0.5, 0.6) is 0 Å². The topological polar surface area (TPSA) is 41.3 Å². The Morgan fingerprint density at radius 1 is 0.955 bits per heavy atom. The average Bonchev–Trinajstić information content (AvgIpc) is 2.55. The summed E-state index contributed by atoms with van der Waals surface area (Å²) < 4.78 is 0. The molecule has 1 aliphatic rings. The van der Waals surface area contributed by atoms with Gasteiger partial charge in [0.1, 0.15) is 0 Å². The molecule has 3 nitrogen and oxygen atoms in total. The normalized spacial score (nSPS) is 16.7. The van der Waals surface area contributed by atoms with E-state index in [4.69, 9.17) is 5.73 Å². The van der Waals surface area contributed by atoms with E-state index in [1.54, 1.807) is 0 Å². The van der Waals surface area contributed by atoms with Crippen LogP contribution in [0.1, 0.15) is 24.0 Å². The fraction of sp³-hybridized carbons (Fsp3) is 0.368. The number of rotatable bonds is 5. The summed E-state index contributed by atoms with van der Waals surface area (Å²) in [4.78, 5) is 2.55. The van der Waals surface area contributed by atoms with Gasteiger partial charge in [-0.3, -0.25) is 4.90 Å². The number of nitrogens with one attached hydrogen (secondary N) is 1. The summed E-state index contributed by atoms with van der Waals surface area (Å²) in [5.41, 5.74) is 9.35. The first-order valence-corrected chi connectivity index (χ1v) is 8.14. The summed E-state index contributed by atoms with van der Waals surface area (Å²) in [5, 5.41) is 3.67. The number of nitrogens with zero attached hydrogens (tertiary/aromatic N) is 1. The number of likely N-dealkylation sites (tertiary alicyclic amines) is 1. The Kier molecular flexibility index (Phi) is 5.09. The molecule has 1 saturated heterocycles. The van der Waals surface area contributed by atoms with Gasteiger partial charge in [-0.1, -0.05) is 42.5 Å². The van der Waals surface area contributed by atoms with Crippen molar-refractivity contribution in [3.63, 3.8) is 0 Å². The molecule has 1 fully saturated rings. The number of hydrogen-bond acceptors (Lipinski definition) is 3. The molecule has 0 radical (unpaired) electrons. The first kappa shape index (κ1) is 15.1. The molecule has 3 N–H and O–H groups in total. The molecule has 22 heavy (non-hydrogen) atoms. The van der Waals surface area contributed by atoms with E-state index in [9.17, 15) is 0 Å². The highest BCUT2D eigenvalue weighted by Crippen LogP contribution is 2.15. The quantitative estimate of drug-likeness (QED) is 0.833. The molecule has 0 saturated carbocycles. The Bertz CT molecular complexity index is 574. The van der Waals surface area contributed by atoms with E-state index >= 15 is 0 Å². The van der Waals surface area contributed by atoms with Crippen molar-refractivity contribution in [2.45, 2.75) is 32.0 Å². The Balaban J connectivity index is 1.42. The second-order valence-electron chi connectivity index (χ2n) is 6.16. The molecule has 0 unspecified atom stereocenters. The van der Waals surface area contributed by atoms with E-state index in [1.807, 2.05) is 12.1 Å². The van der Waals surface area contributed by atoms with Crippen molar-refractivity contribution in [3.8, 4) is 0 Å². The lowest BCUT2D eigenvalue weighted by Crippen LogP contribution is -2.41. The Hall–Kier alpha value is -1.84. The molecule has 3 heteroatoms. The van der Waals surface area contributed by atoms with Crippen molar-refractivity contribution in [1.29, 1.82) is 0 Å². The molecule has 116 valence electrons. The van der Waals surface area contributed by atoms with Crippen LogP contribution in [0.4, 0.5) is 5.69 Å². The van der Waals surface area contributed by atoms with Gasteiger partial charge >= 0.3 is 0 Å². The predicted molar refractivity (Wildman–Crippen MR) is 92.4 cm³/mol. The summed E-state index contributed by atoms with van der Waals surface area (Å²) in [6, 6.07) is 19.5. The van der Waals surface area contributed by atoms with Crippen LogP contribution >= 0.6 is 0 Å². The van der Waals surface area contributed by atoms with Gasteiger partial charge in [0.15, 0.2) is 0 Å². The lowest BCUT2D eigenvalue weighted by Gasteiger charge is -2.32. The van der Waals surface area contributed by atoms with Crippen molar-refractivity contribution in [2.24, 2.45) is 0 Å². The van der Waals surface area contributed by atoms with Crippen molar-refractivity contribution in [3.05, 3.63) is 65.7 Å². The Morgan fingerprint density at radius 2 is 1.68 bits per heavy atom. The molecular weight excluding hydrogens is 270 g/mol. The van der Waals surface area contributed by atoms with Crippen molar-refractivity contribution in [2.75, 3.05) is 18.8 Å². The standard InChI is InChI=1S/C19H25N3/c20-18-8-4-7-17(13-18)14-21-19-9-11-22(12-10-19)15-16-5-2-1-3-6-16/h1-8,13,19,21H,9-12,14-15,20H2. The molecule has 0 aliphatic carbocycles. The lowest BCUT2D eigenvalue weighted by molar-refractivity contribution is 0.190. The Labute approximate surface area is 133 Å². The molecule has 0 bridgehead atoms. The van der Waals surface area contributed by atoms with Crippen LogP contribution in [0.2, 0.25) is 0 Å². The SMILES string of the molecule is Nc1cccc(CNC2CCN(Cc3ccccc3)CC2)c1. The summed E-state index contributed by atoms with van der Waals surface area (Å²) in [7, 11) is 0. The number of anilines is 1. The van der Waals surface area contributed by atoms with Gasteiger partial charge in [0.25, 0.3) is 0 Å². The van der Waals surface area contributed by atoms with Crippen LogP contribution in [0, 0.1) is 0 Å². The van der Waals surface area contributed by atoms with Crippen LogP contribution in [0.25, 0.3) is 0 Å². The number of nitrogen functional groups attached to an aromatic ring is 1. The highest BCUT2D eigenvalue weighted by Gasteiger charge is 2.18. The minimum Gasteiger partial charge on any atom is -0.399 e. The third-order valence-electron chi connectivity index (χ3n) is 4.38. The highest BCUT2D eigenvalue weighted by molar-refractivity contribution is 5.40. The van der Waals surface area contributed by atoms with Crippen LogP contribution < -0.4 is 11.1 Å². The van der Waals surface area contributed by atoms with Gasteiger partial charge < -0.3 is 11.1 Å². The minimum atomic E-state index is 0.619. The fourth-order valence-corrected chi connectivity index (χ4v) is 3.10. The van der Waals surface area contributed by atoms with Gasteiger partial charge in [0.2, 0.25) is 0 Å². The summed E-state index contributed by atoms with van der Waals surface area (Å²) >= 11 is 0. The van der Waals surface area contributed by atoms with E-state index in [1.165, 1.54) is 37.1 Å². The smallest absolute Gasteiger partial charge is 0.0317 e. The number of hydrogen-bond donors (Lipinski definition) is 2. The largest absolute Gasteiger partial charge is 0.399 e. The number of piperidine rings is 1. The Morgan fingerprint density at radius 3 is 2.41 bits per heavy atom. The van der Waals surface area contributed by atoms with Gasteiger partial charge in [-0.15, -0.1) is 0 Å². The maximum Gasteiger partial charge on any atom is 0.0317 e. The van der Waals surface area contributed by atoms with Crippen molar-refractivity contribution < 1.29 is 0 Å². The van der Waals surface area contributed by atoms with E-state index in [-0.39, 0.29) is 0 Å². The van der Waals surface area contributed by atoms with E-state index < -0.39 is 0 Å². The van der Waals surface area contributed by atoms with Crippen molar-refractivity contribution in [1.82, 2.24) is 10.2 Å². The number of benzene rings is 2. The first-order chi connectivity index (χ1) is 10.8. The molecule has 2 aromatic rings. The van der Waals surface area contributed by atoms with Crippen LogP contribution in [-0.2, 0) is 13.1 Å². The van der Waals surface area contributed by atoms with E-state index in [0.29, 0.717) is 6.04 Å². The van der Waals surface area contributed by atoms with Crippen LogP contribution in [0.3, 0.4) is 0 Å². The molecule has 0 atom stereocenters. The second kappa shape index (κ2) is 7.43. The summed E-state index contributed by atoms with van der Waals surface area (Å²) in [5.74, 6) is 0. The lowest BCUT2D eigenvalue weighted by atomic mass is 10.0. The molecule has 3 rings (SSSR count). The zero-order chi connectivity index (χ0) is 15.2. The highest BCUT2D eigenvalue weighted by atomic mass is 15.1. The fourth-order valence-electron chi connectivity index (χ4n) is 3.10. The molecule has 0 aromatic heterocycles. The van der Waals surface area contributed by atoms with Gasteiger partial charge in [-0.2, -0.15) is 0 Å². The second-order valence-corrected chi connectivity index (χ2v) is 6.16. The molecule has 1 aliphatic heterocycles. The van der Waals surface area contributed by atoms with Gasteiger partial charge in [-0.25, -0.2) is 0 Å². The molecule has 0 amide bonds. The zero-order valence-electron chi connectivity index (χ0n) is 13.0. The maximum atomic E-state index is 5.82. The molecular formula is C19H25N3. The average molecular weight is 295 g/mol. The maximum absolute atomic E-state index is 5.82. The van der Waals surface area contributed by atoms with E-state index in [0.717, 1.165) is 18.8 Å². The van der Waals surface area contributed by atoms with Gasteiger partial charge in [0, 0.05) is 24.8 Å². The third-order valence-corrected chi connectivity index (χ3v) is 4.38. The third kappa shape index (κ3) is 4.33. The van der Waals surface area contributed by atoms with Gasteiger partial charge in [-0.05, 0) is 49.2 Å². The summed E-state index contributed by atoms with van der Waals surface area (Å²) in [6.45, 7) is 4.32. The first-order valence-electron chi connectivity index (χ1n) is 8.14. The molecule has 1 heterocycles. The van der Waals surface area contributed by atoms with Crippen LogP contribution in [0.15, 0.2) is 54.6 Å². The van der Waals surface area contributed by atoms with Gasteiger partial charge in [0.05, 0.1) is 0 Å². The monoisotopic (exact) mass is 295 g/mol. The van der Waals surface area contributed by atoms with Crippen LogP contribution in [-0.4, -0.2) is 24.0 Å². The zero-order valence-corrected chi connectivity index (χ0v) is 13.0. The van der Waals surface area contributed by atoms with Crippen molar-refractivity contribution >= 4 is 5.69 Å². The number of nitrogens with two attached hydrogens (primary N) is 1.